The SMILES string of the molecule is CSc1ccccc1C(Cc1cc(F)ccc1F)NN. The maximum absolute atomic E-state index is 13.7. The number of rotatable bonds is 5. The van der Waals surface area contributed by atoms with E-state index < -0.39 is 11.6 Å². The zero-order valence-corrected chi connectivity index (χ0v) is 11.9. The zero-order chi connectivity index (χ0) is 14.5. The van der Waals surface area contributed by atoms with Crippen molar-refractivity contribution in [2.24, 2.45) is 5.84 Å². The topological polar surface area (TPSA) is 38.0 Å². The van der Waals surface area contributed by atoms with E-state index in [-0.39, 0.29) is 12.5 Å². The molecule has 1 atom stereocenters. The Morgan fingerprint density at radius 1 is 1.20 bits per heavy atom. The minimum absolute atomic E-state index is 0.269. The second kappa shape index (κ2) is 6.83. The van der Waals surface area contributed by atoms with Crippen LogP contribution in [0.15, 0.2) is 47.4 Å². The number of benzene rings is 2. The molecule has 0 aliphatic heterocycles. The number of nitrogens with two attached hydrogens (primary N) is 1. The third-order valence-electron chi connectivity index (χ3n) is 3.15. The first kappa shape index (κ1) is 15.0. The van der Waals surface area contributed by atoms with E-state index in [1.807, 2.05) is 30.5 Å². The summed E-state index contributed by atoms with van der Waals surface area (Å²) in [7, 11) is 0. The number of nitrogens with one attached hydrogen (secondary N) is 1. The molecule has 0 bridgehead atoms. The molecule has 2 nitrogen and oxygen atoms in total. The third kappa shape index (κ3) is 3.36. The minimum Gasteiger partial charge on any atom is -0.271 e. The van der Waals surface area contributed by atoms with Gasteiger partial charge >= 0.3 is 0 Å². The van der Waals surface area contributed by atoms with Crippen LogP contribution in [0.1, 0.15) is 17.2 Å². The van der Waals surface area contributed by atoms with Crippen LogP contribution in [0.25, 0.3) is 0 Å². The fourth-order valence-corrected chi connectivity index (χ4v) is 2.79. The van der Waals surface area contributed by atoms with Crippen molar-refractivity contribution in [2.75, 3.05) is 6.26 Å². The third-order valence-corrected chi connectivity index (χ3v) is 3.96. The van der Waals surface area contributed by atoms with Crippen molar-refractivity contribution in [2.45, 2.75) is 17.4 Å². The van der Waals surface area contributed by atoms with Crippen molar-refractivity contribution in [3.8, 4) is 0 Å². The molecule has 3 N–H and O–H groups in total. The lowest BCUT2D eigenvalue weighted by Gasteiger charge is -2.19. The van der Waals surface area contributed by atoms with Crippen LogP contribution >= 0.6 is 11.8 Å². The van der Waals surface area contributed by atoms with Crippen molar-refractivity contribution in [1.29, 1.82) is 0 Å². The largest absolute Gasteiger partial charge is 0.271 e. The van der Waals surface area contributed by atoms with E-state index in [1.54, 1.807) is 11.8 Å². The quantitative estimate of drug-likeness (QED) is 0.504. The van der Waals surface area contributed by atoms with Crippen LogP contribution in [-0.2, 0) is 6.42 Å². The van der Waals surface area contributed by atoms with Gasteiger partial charge in [-0.15, -0.1) is 11.8 Å². The van der Waals surface area contributed by atoms with Gasteiger partial charge in [-0.3, -0.25) is 11.3 Å². The first-order valence-corrected chi connectivity index (χ1v) is 7.41. The molecule has 106 valence electrons. The highest BCUT2D eigenvalue weighted by atomic mass is 32.2. The van der Waals surface area contributed by atoms with Crippen LogP contribution in [-0.4, -0.2) is 6.26 Å². The first-order chi connectivity index (χ1) is 9.65. The average Bonchev–Trinajstić information content (AvgIpc) is 2.48. The number of hydrazine groups is 1. The molecule has 0 saturated carbocycles. The van der Waals surface area contributed by atoms with Gasteiger partial charge in [0.2, 0.25) is 0 Å². The van der Waals surface area contributed by atoms with E-state index in [0.717, 1.165) is 22.6 Å². The van der Waals surface area contributed by atoms with Gasteiger partial charge in [0.05, 0.1) is 6.04 Å². The molecule has 0 aliphatic carbocycles. The fraction of sp³-hybridized carbons (Fsp3) is 0.200. The molecular weight excluding hydrogens is 278 g/mol. The molecule has 0 fully saturated rings. The summed E-state index contributed by atoms with van der Waals surface area (Å²) in [6.07, 6.45) is 2.26. The smallest absolute Gasteiger partial charge is 0.126 e. The average molecular weight is 294 g/mol. The molecule has 0 aliphatic rings. The van der Waals surface area contributed by atoms with E-state index in [9.17, 15) is 8.78 Å². The van der Waals surface area contributed by atoms with Crippen LogP contribution in [0, 0.1) is 11.6 Å². The molecule has 2 rings (SSSR count). The molecule has 0 saturated heterocycles. The van der Waals surface area contributed by atoms with E-state index >= 15 is 0 Å². The summed E-state index contributed by atoms with van der Waals surface area (Å²) < 4.78 is 27.0. The molecule has 0 aromatic heterocycles. The highest BCUT2D eigenvalue weighted by Gasteiger charge is 2.16. The van der Waals surface area contributed by atoms with Gasteiger partial charge in [-0.05, 0) is 48.1 Å². The Morgan fingerprint density at radius 3 is 2.65 bits per heavy atom. The van der Waals surface area contributed by atoms with Crippen molar-refractivity contribution >= 4 is 11.8 Å². The molecule has 5 heteroatoms. The Morgan fingerprint density at radius 2 is 1.95 bits per heavy atom. The Balaban J connectivity index is 2.31. The summed E-state index contributed by atoms with van der Waals surface area (Å²) >= 11 is 1.59. The molecule has 1 unspecified atom stereocenters. The maximum atomic E-state index is 13.7. The molecular formula is C15H16F2N2S. The fourth-order valence-electron chi connectivity index (χ4n) is 2.13. The van der Waals surface area contributed by atoms with E-state index in [1.165, 1.54) is 6.07 Å². The molecule has 2 aromatic carbocycles. The Labute approximate surface area is 121 Å². The van der Waals surface area contributed by atoms with Crippen LogP contribution in [0.5, 0.6) is 0 Å². The summed E-state index contributed by atoms with van der Waals surface area (Å²) in [6.45, 7) is 0. The first-order valence-electron chi connectivity index (χ1n) is 6.18. The molecule has 0 heterocycles. The highest BCUT2D eigenvalue weighted by Crippen LogP contribution is 2.28. The summed E-state index contributed by atoms with van der Waals surface area (Å²) in [5.74, 6) is 4.72. The van der Waals surface area contributed by atoms with Crippen molar-refractivity contribution in [3.05, 3.63) is 65.2 Å². The van der Waals surface area contributed by atoms with Crippen LogP contribution in [0.4, 0.5) is 8.78 Å². The number of thioether (sulfide) groups is 1. The summed E-state index contributed by atoms with van der Waals surface area (Å²) in [6, 6.07) is 10.9. The van der Waals surface area contributed by atoms with Gasteiger partial charge in [-0.1, -0.05) is 18.2 Å². The molecule has 0 spiro atoms. The molecule has 0 radical (unpaired) electrons. The van der Waals surface area contributed by atoms with E-state index in [4.69, 9.17) is 5.84 Å². The van der Waals surface area contributed by atoms with Crippen molar-refractivity contribution in [1.82, 2.24) is 5.43 Å². The van der Waals surface area contributed by atoms with Crippen LogP contribution in [0.2, 0.25) is 0 Å². The summed E-state index contributed by atoms with van der Waals surface area (Å²) in [5.41, 5.74) is 3.97. The highest BCUT2D eigenvalue weighted by molar-refractivity contribution is 7.98. The Hall–Kier alpha value is -1.43. The minimum atomic E-state index is -0.449. The van der Waals surface area contributed by atoms with Gasteiger partial charge in [0.15, 0.2) is 0 Å². The molecule has 20 heavy (non-hydrogen) atoms. The van der Waals surface area contributed by atoms with Gasteiger partial charge in [-0.2, -0.15) is 0 Å². The second-order valence-electron chi connectivity index (χ2n) is 4.40. The van der Waals surface area contributed by atoms with Crippen molar-refractivity contribution < 1.29 is 8.78 Å². The van der Waals surface area contributed by atoms with Gasteiger partial charge in [0.1, 0.15) is 11.6 Å². The summed E-state index contributed by atoms with van der Waals surface area (Å²) in [5, 5.41) is 0. The van der Waals surface area contributed by atoms with Crippen molar-refractivity contribution in [3.63, 3.8) is 0 Å². The lowest BCUT2D eigenvalue weighted by Crippen LogP contribution is -2.30. The van der Waals surface area contributed by atoms with E-state index in [2.05, 4.69) is 5.43 Å². The predicted molar refractivity (Wildman–Crippen MR) is 78.3 cm³/mol. The second-order valence-corrected chi connectivity index (χ2v) is 5.25. The standard InChI is InChI=1S/C15H16F2N2S/c1-20-15-5-3-2-4-12(15)14(19-18)9-10-8-11(16)6-7-13(10)17/h2-8,14,19H,9,18H2,1H3. The normalized spacial score (nSPS) is 12.4. The molecule has 0 amide bonds. The molecule has 2 aromatic rings. The number of hydrogen-bond acceptors (Lipinski definition) is 3. The van der Waals surface area contributed by atoms with Crippen LogP contribution in [0.3, 0.4) is 0 Å². The number of hydrogen-bond donors (Lipinski definition) is 2. The summed E-state index contributed by atoms with van der Waals surface area (Å²) in [4.78, 5) is 1.06. The zero-order valence-electron chi connectivity index (χ0n) is 11.1. The van der Waals surface area contributed by atoms with Gasteiger partial charge < -0.3 is 0 Å². The maximum Gasteiger partial charge on any atom is 0.126 e. The van der Waals surface area contributed by atoms with Gasteiger partial charge in [0, 0.05) is 4.90 Å². The van der Waals surface area contributed by atoms with Crippen LogP contribution < -0.4 is 11.3 Å². The van der Waals surface area contributed by atoms with Gasteiger partial charge in [-0.25, -0.2) is 8.78 Å². The Kier molecular flexibility index (Phi) is 5.11. The lowest BCUT2D eigenvalue weighted by molar-refractivity contribution is 0.517. The Bertz CT molecular complexity index is 590. The lowest BCUT2D eigenvalue weighted by atomic mass is 9.99. The monoisotopic (exact) mass is 294 g/mol. The predicted octanol–water partition coefficient (Wildman–Crippen LogP) is 3.43. The van der Waals surface area contributed by atoms with E-state index in [0.29, 0.717) is 5.56 Å². The number of halogens is 2. The van der Waals surface area contributed by atoms with Gasteiger partial charge in [0.25, 0.3) is 0 Å².